The van der Waals surface area contributed by atoms with Gasteiger partial charge in [-0.15, -0.1) is 0 Å². The van der Waals surface area contributed by atoms with Gasteiger partial charge < -0.3 is 0 Å². The summed E-state index contributed by atoms with van der Waals surface area (Å²) in [7, 11) is 0. The third-order valence-corrected chi connectivity index (χ3v) is 22.4. The van der Waals surface area contributed by atoms with E-state index in [0.29, 0.717) is 16.7 Å². The second-order valence-corrected chi connectivity index (χ2v) is 22.0. The van der Waals surface area contributed by atoms with E-state index in [9.17, 15) is 9.59 Å². The summed E-state index contributed by atoms with van der Waals surface area (Å²) >= 11 is -1.68. The monoisotopic (exact) mass is 639 g/mol. The molecule has 2 aliphatic heterocycles. The molecule has 0 unspecified atom stereocenters. The van der Waals surface area contributed by atoms with E-state index in [1.54, 1.807) is 19.6 Å². The Kier molecular flexibility index (Phi) is 4.93. The van der Waals surface area contributed by atoms with Crippen LogP contribution in [0.1, 0.15) is 37.1 Å². The molecule has 6 heteroatoms. The molecule has 2 aromatic carbocycles. The van der Waals surface area contributed by atoms with Crippen LogP contribution in [0.3, 0.4) is 0 Å². The number of rotatable bonds is 2. The fourth-order valence-electron chi connectivity index (χ4n) is 6.03. The first-order valence-corrected chi connectivity index (χ1v) is 20.0. The molecule has 1 aliphatic carbocycles. The molecule has 166 valence electrons. The quantitative estimate of drug-likeness (QED) is 0.168. The Bertz CT molecular complexity index is 1440. The average Bonchev–Trinajstić information content (AvgIpc) is 3.66. The van der Waals surface area contributed by atoms with Gasteiger partial charge in [0.25, 0.3) is 0 Å². The van der Waals surface area contributed by atoms with E-state index < -0.39 is 33.7 Å². The van der Waals surface area contributed by atoms with Gasteiger partial charge in [0.15, 0.2) is 0 Å². The van der Waals surface area contributed by atoms with Gasteiger partial charge in [-0.05, 0) is 0 Å². The van der Waals surface area contributed by atoms with Crippen molar-refractivity contribution in [3.05, 3.63) is 91.7 Å². The second kappa shape index (κ2) is 7.93. The number of ketones is 2. The summed E-state index contributed by atoms with van der Waals surface area (Å²) < 4.78 is 5.73. The van der Waals surface area contributed by atoms with Crippen LogP contribution in [0.4, 0.5) is 15.1 Å². The minimum absolute atomic E-state index is 0.118. The van der Waals surface area contributed by atoms with Gasteiger partial charge in [-0.25, -0.2) is 0 Å². The number of hydrogen-bond acceptors (Lipinski definition) is 4. The summed E-state index contributed by atoms with van der Waals surface area (Å²) in [5.41, 5.74) is 4.22. The molecule has 3 aliphatic rings. The third kappa shape index (κ3) is 2.94. The van der Waals surface area contributed by atoms with Gasteiger partial charge in [0.1, 0.15) is 0 Å². The summed E-state index contributed by atoms with van der Waals surface area (Å²) in [5, 5.41) is 6.37. The minimum atomic E-state index is -2.36. The van der Waals surface area contributed by atoms with Crippen LogP contribution in [0, 0.1) is 0 Å². The normalized spacial score (nSPS) is 17.8. The number of carbonyl (C=O) groups is 2. The Morgan fingerprint density at radius 1 is 0.794 bits per heavy atom. The van der Waals surface area contributed by atoms with Crippen LogP contribution in [0.2, 0.25) is 10.5 Å². The van der Waals surface area contributed by atoms with E-state index in [2.05, 4.69) is 65.6 Å². The average molecular weight is 636 g/mol. The molecular formula is C28H21GeNO2STe. The first-order valence-electron chi connectivity index (χ1n) is 11.6. The van der Waals surface area contributed by atoms with Gasteiger partial charge in [0.2, 0.25) is 0 Å². The molecular weight excluding hydrogens is 615 g/mol. The van der Waals surface area contributed by atoms with Crippen LogP contribution in [0.5, 0.6) is 0 Å². The number of carbonyl (C=O) groups excluding carboxylic acids is 2. The van der Waals surface area contributed by atoms with Gasteiger partial charge in [0, 0.05) is 0 Å². The standard InChI is InChI=1S/C28H21GeNO2STe/c31-27-19(28(32)21-17-33-16-20(21)27)15-18-11-12-26(34-18)30-24-9-3-1-7-22(24)29(13-5-6-14-29)23-8-2-4-10-25(23)30/h1-4,7-12,15-17H,5-6,13-14H2. The van der Waals surface area contributed by atoms with Crippen molar-refractivity contribution in [3.8, 4) is 0 Å². The molecule has 0 amide bonds. The molecule has 0 N–H and O–H groups in total. The number of thiophene rings is 1. The molecule has 3 nitrogen and oxygen atoms in total. The molecule has 34 heavy (non-hydrogen) atoms. The van der Waals surface area contributed by atoms with Crippen LogP contribution in [-0.4, -0.2) is 45.3 Å². The van der Waals surface area contributed by atoms with Crippen LogP contribution in [-0.2, 0) is 0 Å². The van der Waals surface area contributed by atoms with E-state index in [4.69, 9.17) is 0 Å². The number of hydrogen-bond donors (Lipinski definition) is 0. The maximum atomic E-state index is 12.8. The van der Waals surface area contributed by atoms with Crippen molar-refractivity contribution in [2.45, 2.75) is 23.3 Å². The van der Waals surface area contributed by atoms with Crippen molar-refractivity contribution in [3.63, 3.8) is 0 Å². The summed E-state index contributed by atoms with van der Waals surface area (Å²) in [6.45, 7) is 0. The molecule has 7 rings (SSSR count). The first-order chi connectivity index (χ1) is 16.7. The molecule has 0 radical (unpaired) electrons. The molecule has 0 atom stereocenters. The fourth-order valence-corrected chi connectivity index (χ4v) is 21.2. The van der Waals surface area contributed by atoms with Crippen molar-refractivity contribution in [2.24, 2.45) is 0 Å². The van der Waals surface area contributed by atoms with E-state index in [0.717, 1.165) is 3.58 Å². The molecule has 1 fully saturated rings. The Labute approximate surface area is 214 Å². The van der Waals surface area contributed by atoms with Gasteiger partial charge in [0.05, 0.1) is 0 Å². The summed E-state index contributed by atoms with van der Waals surface area (Å²) in [4.78, 5) is 28.1. The van der Waals surface area contributed by atoms with Gasteiger partial charge in [-0.1, -0.05) is 0 Å². The van der Waals surface area contributed by atoms with E-state index >= 15 is 0 Å². The first kappa shape index (κ1) is 21.1. The molecule has 1 spiro atoms. The van der Waals surface area contributed by atoms with Gasteiger partial charge in [-0.3, -0.25) is 0 Å². The SMILES string of the molecule is O=C1C(=Cc2ccc(N3c4cccc[c]4[Ge]4([CH2]CC[CH2]4)[c]4ccccc43)[te]2)C(=O)c2cscc21. The summed E-state index contributed by atoms with van der Waals surface area (Å²) in [6, 6.07) is 22.6. The Morgan fingerprint density at radius 3 is 2.00 bits per heavy atom. The van der Waals surface area contributed by atoms with E-state index in [1.165, 1.54) is 49.8 Å². The number of nitrogens with zero attached hydrogens (tertiary/aromatic N) is 1. The Morgan fingerprint density at radius 2 is 1.38 bits per heavy atom. The van der Waals surface area contributed by atoms with Gasteiger partial charge in [-0.2, -0.15) is 0 Å². The predicted octanol–water partition coefficient (Wildman–Crippen LogP) is 5.41. The second-order valence-electron chi connectivity index (χ2n) is 9.25. The zero-order chi connectivity index (χ0) is 22.9. The fraction of sp³-hybridized carbons (Fsp3) is 0.143. The number of benzene rings is 2. The van der Waals surface area contributed by atoms with Gasteiger partial charge >= 0.3 is 216 Å². The van der Waals surface area contributed by atoms with Crippen LogP contribution in [0.25, 0.3) is 6.08 Å². The predicted molar refractivity (Wildman–Crippen MR) is 143 cm³/mol. The Balaban J connectivity index is 1.35. The van der Waals surface area contributed by atoms with Crippen molar-refractivity contribution in [1.29, 1.82) is 0 Å². The Hall–Kier alpha value is -2.17. The zero-order valence-electron chi connectivity index (χ0n) is 18.4. The van der Waals surface area contributed by atoms with Crippen molar-refractivity contribution >= 4 is 86.5 Å². The molecule has 1 saturated heterocycles. The topological polar surface area (TPSA) is 37.4 Å². The number of Topliss-reactive ketones (excluding diaryl/α,β-unsaturated/α-hetero) is 2. The molecule has 4 heterocycles. The van der Waals surface area contributed by atoms with Crippen molar-refractivity contribution in [2.75, 3.05) is 4.90 Å². The third-order valence-electron chi connectivity index (χ3n) is 7.54. The van der Waals surface area contributed by atoms with Crippen LogP contribution < -0.4 is 13.7 Å². The van der Waals surface area contributed by atoms with Crippen molar-refractivity contribution < 1.29 is 9.59 Å². The van der Waals surface area contributed by atoms with Crippen LogP contribution >= 0.6 is 11.3 Å². The maximum absolute atomic E-state index is 12.8. The summed E-state index contributed by atoms with van der Waals surface area (Å²) in [5.74, 6) is -0.235. The zero-order valence-corrected chi connectivity index (χ0v) is 23.7. The van der Waals surface area contributed by atoms with E-state index in [1.807, 2.05) is 6.08 Å². The molecule has 0 bridgehead atoms. The number of allylic oxidation sites excluding steroid dienone is 1. The van der Waals surface area contributed by atoms with E-state index in [-0.39, 0.29) is 11.6 Å². The van der Waals surface area contributed by atoms with Crippen LogP contribution in [0.15, 0.2) is 77.0 Å². The molecule has 0 saturated carbocycles. The number of para-hydroxylation sites is 2. The number of fused-ring (bicyclic) bond motifs is 5. The number of anilines is 3. The summed E-state index contributed by atoms with van der Waals surface area (Å²) in [6.07, 6.45) is 4.58. The van der Waals surface area contributed by atoms with Crippen molar-refractivity contribution in [1.82, 2.24) is 0 Å². The molecule has 4 aromatic rings. The molecule has 2 aromatic heterocycles.